The lowest BCUT2D eigenvalue weighted by molar-refractivity contribution is -0.310. The van der Waals surface area contributed by atoms with Crippen molar-refractivity contribution in [2.75, 3.05) is 0 Å². The Balaban J connectivity index is 2.18. The monoisotopic (exact) mass is 444 g/mol. The number of aryl methyl sites for hydroxylation is 1. The molecule has 31 heavy (non-hydrogen) atoms. The smallest absolute Gasteiger partial charge is 0.411 e. The van der Waals surface area contributed by atoms with Crippen molar-refractivity contribution in [3.05, 3.63) is 65.7 Å². The van der Waals surface area contributed by atoms with E-state index in [9.17, 15) is 23.1 Å². The van der Waals surface area contributed by atoms with Crippen LogP contribution in [0.3, 0.4) is 0 Å². The van der Waals surface area contributed by atoms with Crippen LogP contribution >= 0.6 is 0 Å². The van der Waals surface area contributed by atoms with Crippen molar-refractivity contribution < 1.29 is 27.9 Å². The highest BCUT2D eigenvalue weighted by molar-refractivity contribution is 7.92. The van der Waals surface area contributed by atoms with E-state index in [0.717, 1.165) is 10.5 Å². The quantitative estimate of drug-likeness (QED) is 0.718. The maximum atomic E-state index is 13.5. The SMILES string of the molecule is Cc1cccc(C2C(S(=O)(=O)c3ccccc3)CC(C(=O)[O-])N2C(=O)OC(C)(C)C)c1. The first kappa shape index (κ1) is 22.8. The third-order valence-corrected chi connectivity index (χ3v) is 7.35. The van der Waals surface area contributed by atoms with Gasteiger partial charge in [0.1, 0.15) is 5.60 Å². The Kier molecular flexibility index (Phi) is 6.14. The maximum absolute atomic E-state index is 13.5. The molecule has 0 N–H and O–H groups in total. The first-order valence-electron chi connectivity index (χ1n) is 9.99. The Labute approximate surface area is 182 Å². The zero-order valence-corrected chi connectivity index (χ0v) is 18.8. The van der Waals surface area contributed by atoms with Crippen molar-refractivity contribution >= 4 is 21.9 Å². The number of hydrogen-bond acceptors (Lipinski definition) is 6. The van der Waals surface area contributed by atoms with Crippen molar-refractivity contribution in [2.45, 2.75) is 61.9 Å². The maximum Gasteiger partial charge on any atom is 0.411 e. The van der Waals surface area contributed by atoms with Crippen molar-refractivity contribution in [3.8, 4) is 0 Å². The molecule has 1 amide bonds. The van der Waals surface area contributed by atoms with Crippen LogP contribution in [0.4, 0.5) is 4.79 Å². The molecule has 1 aliphatic rings. The van der Waals surface area contributed by atoms with Gasteiger partial charge in [-0.15, -0.1) is 0 Å². The Morgan fingerprint density at radius 3 is 2.26 bits per heavy atom. The van der Waals surface area contributed by atoms with E-state index in [1.807, 2.05) is 13.0 Å². The van der Waals surface area contributed by atoms with Crippen LogP contribution in [0.5, 0.6) is 0 Å². The molecule has 1 heterocycles. The van der Waals surface area contributed by atoms with Crippen LogP contribution in [-0.4, -0.2) is 42.3 Å². The van der Waals surface area contributed by atoms with Crippen molar-refractivity contribution in [1.29, 1.82) is 0 Å². The number of nitrogens with zero attached hydrogens (tertiary/aromatic N) is 1. The first-order chi connectivity index (χ1) is 14.4. The highest BCUT2D eigenvalue weighted by Crippen LogP contribution is 2.43. The van der Waals surface area contributed by atoms with Crippen LogP contribution in [0.15, 0.2) is 59.5 Å². The lowest BCUT2D eigenvalue weighted by Crippen LogP contribution is -2.49. The summed E-state index contributed by atoms with van der Waals surface area (Å²) in [5.41, 5.74) is 0.495. The lowest BCUT2D eigenvalue weighted by atomic mass is 10.0. The van der Waals surface area contributed by atoms with Crippen LogP contribution < -0.4 is 5.11 Å². The number of benzene rings is 2. The van der Waals surface area contributed by atoms with Gasteiger partial charge in [0.25, 0.3) is 0 Å². The van der Waals surface area contributed by atoms with Gasteiger partial charge in [-0.2, -0.15) is 0 Å². The summed E-state index contributed by atoms with van der Waals surface area (Å²) in [5, 5.41) is 10.8. The van der Waals surface area contributed by atoms with E-state index in [-0.39, 0.29) is 11.3 Å². The molecule has 1 saturated heterocycles. The zero-order valence-electron chi connectivity index (χ0n) is 17.9. The Morgan fingerprint density at radius 2 is 1.71 bits per heavy atom. The summed E-state index contributed by atoms with van der Waals surface area (Å²) in [6, 6.07) is 12.4. The molecule has 0 saturated carbocycles. The number of carboxylic acids is 1. The van der Waals surface area contributed by atoms with E-state index in [4.69, 9.17) is 4.74 Å². The summed E-state index contributed by atoms with van der Waals surface area (Å²) in [6.45, 7) is 6.83. The molecule has 0 aromatic heterocycles. The molecule has 3 unspecified atom stereocenters. The van der Waals surface area contributed by atoms with Gasteiger partial charge in [-0.05, 0) is 51.8 Å². The van der Waals surface area contributed by atoms with Gasteiger partial charge < -0.3 is 14.6 Å². The first-order valence-corrected chi connectivity index (χ1v) is 11.5. The number of likely N-dealkylation sites (tertiary alicyclic amines) is 1. The van der Waals surface area contributed by atoms with E-state index < -0.39 is 44.8 Å². The average Bonchev–Trinajstić information content (AvgIpc) is 3.09. The highest BCUT2D eigenvalue weighted by Gasteiger charge is 2.52. The van der Waals surface area contributed by atoms with Gasteiger partial charge in [-0.25, -0.2) is 13.2 Å². The number of rotatable bonds is 4. The number of sulfone groups is 1. The van der Waals surface area contributed by atoms with Gasteiger partial charge in [0.05, 0.1) is 28.2 Å². The van der Waals surface area contributed by atoms with Crippen LogP contribution in [0.2, 0.25) is 0 Å². The predicted octanol–water partition coefficient (Wildman–Crippen LogP) is 2.64. The summed E-state index contributed by atoms with van der Waals surface area (Å²) >= 11 is 0. The standard InChI is InChI=1S/C23H27NO6S/c1-15-9-8-10-16(13-15)20-19(31(28,29)17-11-6-5-7-12-17)14-18(21(25)26)24(20)22(27)30-23(2,3)4/h5-13,18-20H,14H2,1-4H3,(H,25,26)/p-1. The Bertz CT molecular complexity index is 1070. The molecule has 2 aromatic carbocycles. The minimum Gasteiger partial charge on any atom is -0.548 e. The van der Waals surface area contributed by atoms with Crippen LogP contribution in [0.1, 0.15) is 44.4 Å². The van der Waals surface area contributed by atoms with Gasteiger partial charge in [-0.1, -0.05) is 48.0 Å². The second kappa shape index (κ2) is 8.34. The van der Waals surface area contributed by atoms with Gasteiger partial charge in [0, 0.05) is 0 Å². The molecule has 2 aromatic rings. The molecular weight excluding hydrogens is 418 g/mol. The van der Waals surface area contributed by atoms with Crippen LogP contribution in [0, 0.1) is 6.92 Å². The van der Waals surface area contributed by atoms with Crippen LogP contribution in [0.25, 0.3) is 0 Å². The molecule has 0 radical (unpaired) electrons. The molecule has 3 atom stereocenters. The minimum atomic E-state index is -3.97. The predicted molar refractivity (Wildman–Crippen MR) is 113 cm³/mol. The van der Waals surface area contributed by atoms with Gasteiger partial charge in [-0.3, -0.25) is 4.90 Å². The second-order valence-electron chi connectivity index (χ2n) is 8.71. The summed E-state index contributed by atoms with van der Waals surface area (Å²) in [5.74, 6) is -1.52. The normalized spacial score (nSPS) is 21.7. The van der Waals surface area contributed by atoms with Crippen LogP contribution in [-0.2, 0) is 19.4 Å². The van der Waals surface area contributed by atoms with E-state index in [2.05, 4.69) is 0 Å². The summed E-state index contributed by atoms with van der Waals surface area (Å²) < 4.78 is 32.5. The van der Waals surface area contributed by atoms with E-state index in [1.165, 1.54) is 12.1 Å². The fourth-order valence-corrected chi connectivity index (χ4v) is 5.86. The Morgan fingerprint density at radius 1 is 1.06 bits per heavy atom. The van der Waals surface area contributed by atoms with Crippen molar-refractivity contribution in [1.82, 2.24) is 4.90 Å². The molecule has 1 fully saturated rings. The number of aliphatic carboxylic acids is 1. The summed E-state index contributed by atoms with van der Waals surface area (Å²) in [7, 11) is -3.97. The molecule has 0 aliphatic carbocycles. The average molecular weight is 445 g/mol. The number of hydrogen-bond donors (Lipinski definition) is 0. The van der Waals surface area contributed by atoms with Crippen molar-refractivity contribution in [2.24, 2.45) is 0 Å². The zero-order chi connectivity index (χ0) is 23.0. The number of ether oxygens (including phenoxy) is 1. The van der Waals surface area contributed by atoms with Gasteiger partial charge >= 0.3 is 6.09 Å². The van der Waals surface area contributed by atoms with Gasteiger partial charge in [0.2, 0.25) is 0 Å². The largest absolute Gasteiger partial charge is 0.548 e. The topological polar surface area (TPSA) is 104 Å². The van der Waals surface area contributed by atoms with Crippen molar-refractivity contribution in [3.63, 3.8) is 0 Å². The fraction of sp³-hybridized carbons (Fsp3) is 0.391. The fourth-order valence-electron chi connectivity index (χ4n) is 3.91. The van der Waals surface area contributed by atoms with E-state index in [0.29, 0.717) is 5.56 Å². The summed E-state index contributed by atoms with van der Waals surface area (Å²) in [4.78, 5) is 26.1. The third kappa shape index (κ3) is 4.74. The molecule has 0 bridgehead atoms. The number of carbonyl (C=O) groups excluding carboxylic acids is 2. The second-order valence-corrected chi connectivity index (χ2v) is 10.9. The third-order valence-electron chi connectivity index (χ3n) is 5.17. The highest BCUT2D eigenvalue weighted by atomic mass is 32.2. The summed E-state index contributed by atoms with van der Waals surface area (Å²) in [6.07, 6.45) is -1.18. The molecule has 1 aliphatic heterocycles. The molecule has 7 nitrogen and oxygen atoms in total. The molecule has 166 valence electrons. The van der Waals surface area contributed by atoms with E-state index >= 15 is 0 Å². The molecule has 8 heteroatoms. The number of carboxylic acid groups (broad SMARTS) is 1. The molecular formula is C23H26NO6S-. The Hall–Kier alpha value is -2.87. The molecule has 3 rings (SSSR count). The number of amides is 1. The lowest BCUT2D eigenvalue weighted by Gasteiger charge is -2.34. The minimum absolute atomic E-state index is 0.0702. The van der Waals surface area contributed by atoms with E-state index in [1.54, 1.807) is 57.2 Å². The van der Waals surface area contributed by atoms with Gasteiger partial charge in [0.15, 0.2) is 9.84 Å². The molecule has 0 spiro atoms. The number of carbonyl (C=O) groups is 2.